The van der Waals surface area contributed by atoms with Crippen LogP contribution in [0.4, 0.5) is 5.69 Å². The van der Waals surface area contributed by atoms with Crippen molar-refractivity contribution in [3.05, 3.63) is 59.7 Å². The van der Waals surface area contributed by atoms with Crippen LogP contribution in [0.5, 0.6) is 5.75 Å². The summed E-state index contributed by atoms with van der Waals surface area (Å²) in [7, 11) is 1.99. The number of nitrogens with zero attached hydrogens (tertiary/aromatic N) is 1. The summed E-state index contributed by atoms with van der Waals surface area (Å²) in [6.45, 7) is 3.16. The predicted octanol–water partition coefficient (Wildman–Crippen LogP) is 3.21. The molecule has 0 aliphatic heterocycles. The van der Waals surface area contributed by atoms with Gasteiger partial charge < -0.3 is 14.7 Å². The van der Waals surface area contributed by atoms with Crippen molar-refractivity contribution in [3.8, 4) is 5.75 Å². The van der Waals surface area contributed by atoms with Crippen LogP contribution in [0.3, 0.4) is 0 Å². The van der Waals surface area contributed by atoms with E-state index in [-0.39, 0.29) is 5.56 Å². The van der Waals surface area contributed by atoms with E-state index >= 15 is 0 Å². The molecule has 4 heteroatoms. The summed E-state index contributed by atoms with van der Waals surface area (Å²) in [4.78, 5) is 13.2. The molecule has 0 amide bonds. The van der Waals surface area contributed by atoms with Gasteiger partial charge in [0.15, 0.2) is 0 Å². The number of hydrogen-bond donors (Lipinski definition) is 1. The molecular formula is C17H19NO3. The molecule has 0 aliphatic carbocycles. The lowest BCUT2D eigenvalue weighted by atomic mass is 10.2. The highest BCUT2D eigenvalue weighted by molar-refractivity contribution is 5.90. The van der Waals surface area contributed by atoms with Crippen molar-refractivity contribution in [2.24, 2.45) is 0 Å². The maximum atomic E-state index is 11.1. The summed E-state index contributed by atoms with van der Waals surface area (Å²) < 4.78 is 5.60. The fourth-order valence-corrected chi connectivity index (χ4v) is 2.06. The van der Waals surface area contributed by atoms with Crippen LogP contribution in [-0.4, -0.2) is 31.3 Å². The first-order valence-electron chi connectivity index (χ1n) is 6.81. The van der Waals surface area contributed by atoms with Crippen LogP contribution < -0.4 is 9.64 Å². The van der Waals surface area contributed by atoms with Gasteiger partial charge in [-0.05, 0) is 36.8 Å². The van der Waals surface area contributed by atoms with Crippen molar-refractivity contribution < 1.29 is 14.6 Å². The molecule has 21 heavy (non-hydrogen) atoms. The number of hydrogen-bond acceptors (Lipinski definition) is 3. The number of benzene rings is 2. The molecule has 0 aromatic heterocycles. The summed E-state index contributed by atoms with van der Waals surface area (Å²) in [5.41, 5.74) is 2.51. The van der Waals surface area contributed by atoms with Gasteiger partial charge in [-0.1, -0.05) is 24.3 Å². The first-order valence-corrected chi connectivity index (χ1v) is 6.81. The lowest BCUT2D eigenvalue weighted by molar-refractivity contribution is 0.0692. The average Bonchev–Trinajstić information content (AvgIpc) is 2.47. The van der Waals surface area contributed by atoms with Gasteiger partial charge in [-0.15, -0.1) is 0 Å². The van der Waals surface area contributed by atoms with Gasteiger partial charge in [0.2, 0.25) is 0 Å². The molecule has 0 aliphatic rings. The van der Waals surface area contributed by atoms with Crippen molar-refractivity contribution in [2.45, 2.75) is 6.92 Å². The van der Waals surface area contributed by atoms with Gasteiger partial charge in [0.1, 0.15) is 17.9 Å². The van der Waals surface area contributed by atoms with Crippen LogP contribution in [0.2, 0.25) is 0 Å². The van der Waals surface area contributed by atoms with Crippen LogP contribution in [0.15, 0.2) is 48.5 Å². The highest BCUT2D eigenvalue weighted by Crippen LogP contribution is 2.18. The second kappa shape index (κ2) is 6.79. The number of anilines is 1. The molecule has 0 saturated heterocycles. The summed E-state index contributed by atoms with van der Waals surface area (Å²) in [6.07, 6.45) is 0. The van der Waals surface area contributed by atoms with Crippen LogP contribution >= 0.6 is 0 Å². The highest BCUT2D eigenvalue weighted by atomic mass is 16.5. The van der Waals surface area contributed by atoms with E-state index in [1.165, 1.54) is 5.56 Å². The SMILES string of the molecule is Cc1cccc(N(C)CCOc2ccccc2C(=O)O)c1. The zero-order chi connectivity index (χ0) is 15.2. The Labute approximate surface area is 124 Å². The maximum absolute atomic E-state index is 11.1. The molecule has 0 heterocycles. The number of aryl methyl sites for hydroxylation is 1. The molecule has 0 bridgehead atoms. The summed E-state index contributed by atoms with van der Waals surface area (Å²) >= 11 is 0. The average molecular weight is 285 g/mol. The van der Waals surface area contributed by atoms with Gasteiger partial charge in [0, 0.05) is 12.7 Å². The second-order valence-electron chi connectivity index (χ2n) is 4.91. The van der Waals surface area contributed by atoms with Gasteiger partial charge in [-0.3, -0.25) is 0 Å². The van der Waals surface area contributed by atoms with E-state index in [1.807, 2.05) is 19.2 Å². The Balaban J connectivity index is 1.94. The van der Waals surface area contributed by atoms with E-state index in [1.54, 1.807) is 24.3 Å². The number of ether oxygens (including phenoxy) is 1. The van der Waals surface area contributed by atoms with Crippen LogP contribution in [0.1, 0.15) is 15.9 Å². The number of para-hydroxylation sites is 1. The fourth-order valence-electron chi connectivity index (χ4n) is 2.06. The third kappa shape index (κ3) is 3.99. The Morgan fingerprint density at radius 1 is 1.19 bits per heavy atom. The number of carbonyl (C=O) groups is 1. The molecule has 0 unspecified atom stereocenters. The zero-order valence-corrected chi connectivity index (χ0v) is 12.2. The van der Waals surface area contributed by atoms with Crippen molar-refractivity contribution >= 4 is 11.7 Å². The number of likely N-dealkylation sites (N-methyl/N-ethyl adjacent to an activating group) is 1. The van der Waals surface area contributed by atoms with Gasteiger partial charge >= 0.3 is 5.97 Å². The van der Waals surface area contributed by atoms with Gasteiger partial charge in [-0.25, -0.2) is 4.79 Å². The Morgan fingerprint density at radius 3 is 2.67 bits per heavy atom. The van der Waals surface area contributed by atoms with Gasteiger partial charge in [-0.2, -0.15) is 0 Å². The molecule has 0 saturated carbocycles. The van der Waals surface area contributed by atoms with E-state index in [9.17, 15) is 4.79 Å². The molecule has 0 fully saturated rings. The first-order chi connectivity index (χ1) is 10.1. The first kappa shape index (κ1) is 14.9. The summed E-state index contributed by atoms with van der Waals surface area (Å²) in [5, 5.41) is 9.09. The van der Waals surface area contributed by atoms with Gasteiger partial charge in [0.25, 0.3) is 0 Å². The van der Waals surface area contributed by atoms with E-state index < -0.39 is 5.97 Å². The minimum absolute atomic E-state index is 0.190. The Hall–Kier alpha value is -2.49. The van der Waals surface area contributed by atoms with E-state index in [2.05, 4.69) is 24.0 Å². The molecule has 0 atom stereocenters. The van der Waals surface area contributed by atoms with Crippen molar-refractivity contribution in [2.75, 3.05) is 25.1 Å². The molecular weight excluding hydrogens is 266 g/mol. The third-order valence-electron chi connectivity index (χ3n) is 3.24. The van der Waals surface area contributed by atoms with E-state index in [0.717, 1.165) is 5.69 Å². The smallest absolute Gasteiger partial charge is 0.339 e. The maximum Gasteiger partial charge on any atom is 0.339 e. The van der Waals surface area contributed by atoms with Crippen molar-refractivity contribution in [3.63, 3.8) is 0 Å². The molecule has 2 aromatic rings. The van der Waals surface area contributed by atoms with Crippen LogP contribution in [0.25, 0.3) is 0 Å². The molecule has 4 nitrogen and oxygen atoms in total. The molecule has 0 spiro atoms. The van der Waals surface area contributed by atoms with E-state index in [0.29, 0.717) is 18.9 Å². The predicted molar refractivity (Wildman–Crippen MR) is 83.3 cm³/mol. The van der Waals surface area contributed by atoms with Crippen molar-refractivity contribution in [1.82, 2.24) is 0 Å². The lowest BCUT2D eigenvalue weighted by Gasteiger charge is -2.20. The zero-order valence-electron chi connectivity index (χ0n) is 12.2. The third-order valence-corrected chi connectivity index (χ3v) is 3.24. The minimum Gasteiger partial charge on any atom is -0.491 e. The van der Waals surface area contributed by atoms with Gasteiger partial charge in [0.05, 0.1) is 6.54 Å². The fraction of sp³-hybridized carbons (Fsp3) is 0.235. The van der Waals surface area contributed by atoms with E-state index in [4.69, 9.17) is 9.84 Å². The second-order valence-corrected chi connectivity index (χ2v) is 4.91. The standard InChI is InChI=1S/C17H19NO3/c1-13-6-5-7-14(12-13)18(2)10-11-21-16-9-4-3-8-15(16)17(19)20/h3-9,12H,10-11H2,1-2H3,(H,19,20). The topological polar surface area (TPSA) is 49.8 Å². The number of aromatic carboxylic acids is 1. The largest absolute Gasteiger partial charge is 0.491 e. The molecule has 2 aromatic carbocycles. The Kier molecular flexibility index (Phi) is 4.82. The minimum atomic E-state index is -0.974. The molecule has 110 valence electrons. The Bertz CT molecular complexity index is 625. The number of carboxylic acid groups (broad SMARTS) is 1. The van der Waals surface area contributed by atoms with Crippen LogP contribution in [-0.2, 0) is 0 Å². The summed E-state index contributed by atoms with van der Waals surface area (Å²) in [6, 6.07) is 14.9. The van der Waals surface area contributed by atoms with Crippen LogP contribution in [0, 0.1) is 6.92 Å². The summed E-state index contributed by atoms with van der Waals surface area (Å²) in [5.74, 6) is -0.569. The molecule has 2 rings (SSSR count). The van der Waals surface area contributed by atoms with Crippen molar-refractivity contribution in [1.29, 1.82) is 0 Å². The monoisotopic (exact) mass is 285 g/mol. The Morgan fingerprint density at radius 2 is 1.95 bits per heavy atom. The molecule has 0 radical (unpaired) electrons. The number of rotatable bonds is 6. The quantitative estimate of drug-likeness (QED) is 0.885. The lowest BCUT2D eigenvalue weighted by Crippen LogP contribution is -2.24. The number of carboxylic acids is 1. The normalized spacial score (nSPS) is 10.2. The molecule has 1 N–H and O–H groups in total. The highest BCUT2D eigenvalue weighted by Gasteiger charge is 2.10.